The van der Waals surface area contributed by atoms with Crippen LogP contribution in [0.3, 0.4) is 0 Å². The van der Waals surface area contributed by atoms with Crippen LogP contribution in [0.2, 0.25) is 10.0 Å². The Morgan fingerprint density at radius 1 is 1.23 bits per heavy atom. The molecule has 0 aromatic heterocycles. The third kappa shape index (κ3) is 3.71. The van der Waals surface area contributed by atoms with E-state index in [9.17, 15) is 0 Å². The number of benzene rings is 1. The van der Waals surface area contributed by atoms with Crippen molar-refractivity contribution in [2.24, 2.45) is 27.6 Å². The van der Waals surface area contributed by atoms with Gasteiger partial charge in [-0.2, -0.15) is 0 Å². The van der Waals surface area contributed by atoms with Crippen molar-refractivity contribution in [3.63, 3.8) is 0 Å². The van der Waals surface area contributed by atoms with Gasteiger partial charge in [0.05, 0.1) is 10.7 Å². The summed E-state index contributed by atoms with van der Waals surface area (Å²) in [5.74, 6) is 1.54. The lowest BCUT2D eigenvalue weighted by atomic mass is 10.0. The zero-order chi connectivity index (χ0) is 15.7. The molecule has 2 saturated carbocycles. The summed E-state index contributed by atoms with van der Waals surface area (Å²) in [6.07, 6.45) is 5.64. The number of hydrogen-bond acceptors (Lipinski definition) is 3. The van der Waals surface area contributed by atoms with Gasteiger partial charge in [0.25, 0.3) is 0 Å². The lowest BCUT2D eigenvalue weighted by molar-refractivity contribution is 0.876. The number of halogens is 2. The Labute approximate surface area is 140 Å². The molecule has 1 aromatic carbocycles. The molecule has 2 fully saturated rings. The minimum Gasteiger partial charge on any atom is -0.382 e. The average molecular weight is 336 g/mol. The van der Waals surface area contributed by atoms with Gasteiger partial charge in [-0.05, 0) is 56.9 Å². The van der Waals surface area contributed by atoms with E-state index in [0.717, 1.165) is 36.2 Å². The Bertz CT molecular complexity index is 656. The molecule has 0 amide bonds. The summed E-state index contributed by atoms with van der Waals surface area (Å²) in [6.45, 7) is 3.53. The third-order valence-corrected chi connectivity index (χ3v) is 4.62. The summed E-state index contributed by atoms with van der Waals surface area (Å²) in [5.41, 5.74) is 8.76. The van der Waals surface area contributed by atoms with E-state index in [1.807, 2.05) is 12.1 Å². The standard InChI is InChI=1S/C17H19Cl2N3/c1-21-17(20)16(11-4-5-11)22-15(8-10-2-3-10)13-7-6-12(18)9-14(13)19/h6-7,9-11H,1-5,8,20H2/b17-16-,22-15?. The molecule has 2 N–H and O–H groups in total. The second-order valence-electron chi connectivity index (χ2n) is 6.03. The van der Waals surface area contributed by atoms with Crippen molar-refractivity contribution in [1.82, 2.24) is 0 Å². The minimum absolute atomic E-state index is 0.408. The molecule has 0 saturated heterocycles. The van der Waals surface area contributed by atoms with Crippen molar-refractivity contribution in [3.05, 3.63) is 45.3 Å². The second-order valence-corrected chi connectivity index (χ2v) is 6.88. The predicted molar refractivity (Wildman–Crippen MR) is 93.8 cm³/mol. The van der Waals surface area contributed by atoms with Gasteiger partial charge in [0.2, 0.25) is 0 Å². The minimum atomic E-state index is 0.408. The van der Waals surface area contributed by atoms with Crippen LogP contribution in [0.25, 0.3) is 0 Å². The van der Waals surface area contributed by atoms with Crippen LogP contribution >= 0.6 is 23.2 Å². The van der Waals surface area contributed by atoms with Crippen molar-refractivity contribution in [2.45, 2.75) is 32.1 Å². The molecule has 0 aliphatic heterocycles. The summed E-state index contributed by atoms with van der Waals surface area (Å²) in [4.78, 5) is 8.73. The van der Waals surface area contributed by atoms with E-state index in [4.69, 9.17) is 33.9 Å². The fourth-order valence-corrected chi connectivity index (χ4v) is 2.99. The maximum Gasteiger partial charge on any atom is 0.144 e. The third-order valence-electron chi connectivity index (χ3n) is 4.07. The number of rotatable bonds is 6. The van der Waals surface area contributed by atoms with E-state index in [2.05, 4.69) is 11.7 Å². The summed E-state index contributed by atoms with van der Waals surface area (Å²) in [7, 11) is 0. The van der Waals surface area contributed by atoms with Gasteiger partial charge < -0.3 is 5.73 Å². The summed E-state index contributed by atoms with van der Waals surface area (Å²) in [5, 5.41) is 1.26. The molecule has 22 heavy (non-hydrogen) atoms. The Morgan fingerprint density at radius 2 is 1.95 bits per heavy atom. The van der Waals surface area contributed by atoms with Crippen LogP contribution in [0.15, 0.2) is 39.7 Å². The van der Waals surface area contributed by atoms with Crippen LogP contribution in [-0.2, 0) is 0 Å². The number of allylic oxidation sites excluding steroid dienone is 1. The number of nitrogens with two attached hydrogens (primary N) is 1. The molecule has 0 spiro atoms. The van der Waals surface area contributed by atoms with Crippen molar-refractivity contribution < 1.29 is 0 Å². The number of hydrogen-bond donors (Lipinski definition) is 1. The monoisotopic (exact) mass is 335 g/mol. The Kier molecular flexibility index (Phi) is 4.55. The zero-order valence-corrected chi connectivity index (χ0v) is 13.9. The molecule has 3 nitrogen and oxygen atoms in total. The Hall–Kier alpha value is -1.32. The van der Waals surface area contributed by atoms with Crippen LogP contribution < -0.4 is 5.73 Å². The SMILES string of the molecule is C=N/C(N)=C(\N=C(CC1CC1)c1ccc(Cl)cc1Cl)C1CC1. The van der Waals surface area contributed by atoms with Gasteiger partial charge in [-0.15, -0.1) is 0 Å². The summed E-state index contributed by atoms with van der Waals surface area (Å²) < 4.78 is 0. The molecule has 0 bridgehead atoms. The highest BCUT2D eigenvalue weighted by Gasteiger charge is 2.30. The van der Waals surface area contributed by atoms with E-state index in [-0.39, 0.29) is 0 Å². The molecule has 5 heteroatoms. The molecule has 0 heterocycles. The smallest absolute Gasteiger partial charge is 0.144 e. The largest absolute Gasteiger partial charge is 0.382 e. The number of nitrogens with zero attached hydrogens (tertiary/aromatic N) is 2. The first-order valence-corrected chi connectivity index (χ1v) is 8.33. The fourth-order valence-electron chi connectivity index (χ4n) is 2.48. The van der Waals surface area contributed by atoms with E-state index in [1.54, 1.807) is 6.07 Å². The highest BCUT2D eigenvalue weighted by atomic mass is 35.5. The van der Waals surface area contributed by atoms with Crippen LogP contribution in [0.1, 0.15) is 37.7 Å². The first-order chi connectivity index (χ1) is 10.6. The van der Waals surface area contributed by atoms with E-state index >= 15 is 0 Å². The van der Waals surface area contributed by atoms with Gasteiger partial charge >= 0.3 is 0 Å². The molecule has 0 radical (unpaired) electrons. The topological polar surface area (TPSA) is 50.7 Å². The van der Waals surface area contributed by atoms with Gasteiger partial charge in [0.1, 0.15) is 5.82 Å². The molecule has 2 aliphatic carbocycles. The maximum atomic E-state index is 6.37. The van der Waals surface area contributed by atoms with Crippen molar-refractivity contribution in [2.75, 3.05) is 0 Å². The zero-order valence-electron chi connectivity index (χ0n) is 12.4. The summed E-state index contributed by atoms with van der Waals surface area (Å²) >= 11 is 12.4. The quantitative estimate of drug-likeness (QED) is 0.744. The second kappa shape index (κ2) is 6.43. The first kappa shape index (κ1) is 15.6. The molecule has 1 aromatic rings. The normalized spacial score (nSPS) is 19.8. The summed E-state index contributed by atoms with van der Waals surface area (Å²) in [6, 6.07) is 5.55. The lowest BCUT2D eigenvalue weighted by Crippen LogP contribution is -2.07. The van der Waals surface area contributed by atoms with Crippen molar-refractivity contribution in [1.29, 1.82) is 0 Å². The van der Waals surface area contributed by atoms with Crippen LogP contribution in [0.5, 0.6) is 0 Å². The first-order valence-electron chi connectivity index (χ1n) is 7.58. The molecule has 3 rings (SSSR count). The van der Waals surface area contributed by atoms with E-state index < -0.39 is 0 Å². The van der Waals surface area contributed by atoms with E-state index in [1.165, 1.54) is 12.8 Å². The lowest BCUT2D eigenvalue weighted by Gasteiger charge is -2.11. The predicted octanol–water partition coefficient (Wildman–Crippen LogP) is 4.82. The van der Waals surface area contributed by atoms with Gasteiger partial charge in [-0.1, -0.05) is 29.3 Å². The Balaban J connectivity index is 2.01. The van der Waals surface area contributed by atoms with Gasteiger partial charge in [-0.3, -0.25) is 4.99 Å². The highest BCUT2D eigenvalue weighted by Crippen LogP contribution is 2.40. The fraction of sp³-hybridized carbons (Fsp3) is 0.412. The molecular formula is C17H19Cl2N3. The molecule has 0 atom stereocenters. The Morgan fingerprint density at radius 3 is 2.50 bits per heavy atom. The van der Waals surface area contributed by atoms with E-state index in [0.29, 0.717) is 27.7 Å². The van der Waals surface area contributed by atoms with Crippen LogP contribution in [0, 0.1) is 11.8 Å². The van der Waals surface area contributed by atoms with Crippen molar-refractivity contribution in [3.8, 4) is 0 Å². The molecule has 116 valence electrons. The molecular weight excluding hydrogens is 317 g/mol. The highest BCUT2D eigenvalue weighted by molar-refractivity contribution is 6.37. The van der Waals surface area contributed by atoms with Crippen LogP contribution in [-0.4, -0.2) is 12.4 Å². The maximum absolute atomic E-state index is 6.37. The van der Waals surface area contributed by atoms with Gasteiger partial charge in [0.15, 0.2) is 0 Å². The molecule has 2 aliphatic rings. The molecule has 0 unspecified atom stereocenters. The average Bonchev–Trinajstić information content (AvgIpc) is 3.36. The van der Waals surface area contributed by atoms with Crippen LogP contribution in [0.4, 0.5) is 0 Å². The van der Waals surface area contributed by atoms with Gasteiger partial charge in [0, 0.05) is 22.2 Å². The van der Waals surface area contributed by atoms with Crippen molar-refractivity contribution >= 4 is 35.6 Å². The van der Waals surface area contributed by atoms with Gasteiger partial charge in [-0.25, -0.2) is 4.99 Å². The number of aliphatic imine (C=N–C) groups is 2.